The molecule has 4 saturated heterocycles. The first-order chi connectivity index (χ1) is 11.7. The number of ether oxygens (including phenoxy) is 1. The molecule has 4 aliphatic heterocycles. The SMILES string of the molecule is CNc1nc(C(=O)N2C[C@H]3CC[C@@H]2CN(C2CCOCC2)C3)cs1. The summed E-state index contributed by atoms with van der Waals surface area (Å²) in [5, 5.41) is 5.70. The fraction of sp³-hybridized carbons (Fsp3) is 0.765. The zero-order chi connectivity index (χ0) is 16.5. The van der Waals surface area contributed by atoms with Crippen molar-refractivity contribution in [2.75, 3.05) is 45.2 Å². The molecule has 2 bridgehead atoms. The van der Waals surface area contributed by atoms with Crippen LogP contribution in [0.3, 0.4) is 0 Å². The molecule has 4 fully saturated rings. The maximum absolute atomic E-state index is 13.0. The minimum atomic E-state index is 0.108. The molecule has 1 N–H and O–H groups in total. The van der Waals surface area contributed by atoms with Crippen LogP contribution in [0.1, 0.15) is 36.2 Å². The molecule has 0 aromatic carbocycles. The molecule has 0 saturated carbocycles. The van der Waals surface area contributed by atoms with Crippen molar-refractivity contribution < 1.29 is 9.53 Å². The van der Waals surface area contributed by atoms with Crippen LogP contribution in [0.25, 0.3) is 0 Å². The van der Waals surface area contributed by atoms with Crippen molar-refractivity contribution in [3.8, 4) is 0 Å². The molecule has 0 spiro atoms. The second kappa shape index (κ2) is 6.98. The third-order valence-electron chi connectivity index (χ3n) is 5.65. The molecule has 1 amide bonds. The fourth-order valence-corrected chi connectivity index (χ4v) is 4.99. The van der Waals surface area contributed by atoms with Crippen LogP contribution < -0.4 is 5.32 Å². The highest BCUT2D eigenvalue weighted by molar-refractivity contribution is 7.13. The highest BCUT2D eigenvalue weighted by atomic mass is 32.1. The Kier molecular flexibility index (Phi) is 4.74. The van der Waals surface area contributed by atoms with Crippen molar-refractivity contribution in [3.63, 3.8) is 0 Å². The number of nitrogens with one attached hydrogen (secondary N) is 1. The number of aromatic nitrogens is 1. The molecule has 0 radical (unpaired) electrons. The van der Waals surface area contributed by atoms with Crippen LogP contribution in [-0.4, -0.2) is 72.7 Å². The van der Waals surface area contributed by atoms with Gasteiger partial charge in [-0.1, -0.05) is 0 Å². The predicted molar refractivity (Wildman–Crippen MR) is 94.6 cm³/mol. The summed E-state index contributed by atoms with van der Waals surface area (Å²) in [5.41, 5.74) is 0.592. The number of amides is 1. The lowest BCUT2D eigenvalue weighted by atomic mass is 9.94. The Labute approximate surface area is 147 Å². The maximum Gasteiger partial charge on any atom is 0.273 e. The van der Waals surface area contributed by atoms with Gasteiger partial charge < -0.3 is 15.0 Å². The van der Waals surface area contributed by atoms with E-state index in [-0.39, 0.29) is 5.91 Å². The highest BCUT2D eigenvalue weighted by Gasteiger charge is 2.39. The van der Waals surface area contributed by atoms with Crippen molar-refractivity contribution in [3.05, 3.63) is 11.1 Å². The normalized spacial score (nSPS) is 28.8. The van der Waals surface area contributed by atoms with Crippen LogP contribution >= 0.6 is 11.3 Å². The van der Waals surface area contributed by atoms with Crippen LogP contribution in [0.5, 0.6) is 0 Å². The number of fused-ring (bicyclic) bond motifs is 4. The number of hydrogen-bond acceptors (Lipinski definition) is 6. The number of carbonyl (C=O) groups excluding carboxylic acids is 1. The quantitative estimate of drug-likeness (QED) is 0.902. The summed E-state index contributed by atoms with van der Waals surface area (Å²) >= 11 is 1.50. The van der Waals surface area contributed by atoms with Crippen molar-refractivity contribution >= 4 is 22.4 Å². The van der Waals surface area contributed by atoms with Gasteiger partial charge in [-0.15, -0.1) is 11.3 Å². The number of piperidine rings is 1. The number of hydrogen-bond donors (Lipinski definition) is 1. The third-order valence-corrected chi connectivity index (χ3v) is 6.51. The predicted octanol–water partition coefficient (Wildman–Crippen LogP) is 1.90. The zero-order valence-electron chi connectivity index (χ0n) is 14.2. The van der Waals surface area contributed by atoms with Crippen LogP contribution in [0.4, 0.5) is 5.13 Å². The molecule has 0 unspecified atom stereocenters. The van der Waals surface area contributed by atoms with Gasteiger partial charge in [0.25, 0.3) is 5.91 Å². The largest absolute Gasteiger partial charge is 0.381 e. The van der Waals surface area contributed by atoms with Crippen molar-refractivity contribution in [2.24, 2.45) is 5.92 Å². The van der Waals surface area contributed by atoms with Gasteiger partial charge in [-0.25, -0.2) is 4.98 Å². The van der Waals surface area contributed by atoms with Gasteiger partial charge in [0.1, 0.15) is 5.69 Å². The van der Waals surface area contributed by atoms with Gasteiger partial charge in [-0.2, -0.15) is 0 Å². The van der Waals surface area contributed by atoms with E-state index in [0.29, 0.717) is 23.7 Å². The summed E-state index contributed by atoms with van der Waals surface area (Å²) in [5.74, 6) is 0.703. The van der Waals surface area contributed by atoms with E-state index >= 15 is 0 Å². The molecule has 4 aliphatic rings. The fourth-order valence-electron chi connectivity index (χ4n) is 4.35. The summed E-state index contributed by atoms with van der Waals surface area (Å²) in [6.07, 6.45) is 4.63. The molecule has 24 heavy (non-hydrogen) atoms. The number of anilines is 1. The average molecular weight is 350 g/mol. The van der Waals surface area contributed by atoms with E-state index < -0.39 is 0 Å². The Bertz CT molecular complexity index is 587. The van der Waals surface area contributed by atoms with Crippen molar-refractivity contribution in [2.45, 2.75) is 37.8 Å². The van der Waals surface area contributed by atoms with Gasteiger partial charge in [0.05, 0.1) is 0 Å². The first-order valence-electron chi connectivity index (χ1n) is 9.00. The highest BCUT2D eigenvalue weighted by Crippen LogP contribution is 2.32. The molecule has 132 valence electrons. The van der Waals surface area contributed by atoms with Gasteiger partial charge in [0.15, 0.2) is 5.13 Å². The van der Waals surface area contributed by atoms with Gasteiger partial charge in [-0.05, 0) is 31.6 Å². The van der Waals surface area contributed by atoms with E-state index in [9.17, 15) is 4.79 Å². The van der Waals surface area contributed by atoms with Crippen LogP contribution in [0.2, 0.25) is 0 Å². The first kappa shape index (κ1) is 16.3. The molecule has 5 rings (SSSR count). The van der Waals surface area contributed by atoms with Crippen molar-refractivity contribution in [1.82, 2.24) is 14.8 Å². The van der Waals surface area contributed by atoms with Crippen LogP contribution in [0, 0.1) is 5.92 Å². The van der Waals surface area contributed by atoms with Gasteiger partial charge in [-0.3, -0.25) is 9.69 Å². The van der Waals surface area contributed by atoms with Crippen molar-refractivity contribution in [1.29, 1.82) is 0 Å². The minimum absolute atomic E-state index is 0.108. The topological polar surface area (TPSA) is 57.7 Å². The Balaban J connectivity index is 1.48. The minimum Gasteiger partial charge on any atom is -0.381 e. The van der Waals surface area contributed by atoms with E-state index in [1.807, 2.05) is 12.4 Å². The second-order valence-corrected chi connectivity index (χ2v) is 8.00. The standard InChI is InChI=1S/C17H26N4O2S/c1-18-17-19-15(11-24-17)16(22)21-9-12-2-3-14(21)10-20(8-12)13-4-6-23-7-5-13/h11-14H,2-10H2,1H3,(H,18,19)/t12-,14+/m0/s1. The summed E-state index contributed by atoms with van der Waals surface area (Å²) in [7, 11) is 1.84. The summed E-state index contributed by atoms with van der Waals surface area (Å²) in [6.45, 7) is 4.78. The Hall–Kier alpha value is -1.18. The second-order valence-electron chi connectivity index (χ2n) is 7.14. The number of carbonyl (C=O) groups is 1. The lowest BCUT2D eigenvalue weighted by molar-refractivity contribution is 0.0304. The van der Waals surface area contributed by atoms with Crippen LogP contribution in [-0.2, 0) is 4.74 Å². The summed E-state index contributed by atoms with van der Waals surface area (Å²) in [4.78, 5) is 22.1. The van der Waals surface area contributed by atoms with E-state index in [1.54, 1.807) is 0 Å². The first-order valence-corrected chi connectivity index (χ1v) is 9.88. The van der Waals surface area contributed by atoms with Crippen LogP contribution in [0.15, 0.2) is 5.38 Å². The molecule has 1 aromatic rings. The maximum atomic E-state index is 13.0. The van der Waals surface area contributed by atoms with Gasteiger partial charge in [0.2, 0.25) is 0 Å². The molecular weight excluding hydrogens is 324 g/mol. The van der Waals surface area contributed by atoms with Gasteiger partial charge in [0, 0.05) is 57.4 Å². The molecule has 2 atom stereocenters. The number of thiazole rings is 1. The smallest absolute Gasteiger partial charge is 0.273 e. The Morgan fingerprint density at radius 1 is 1.21 bits per heavy atom. The zero-order valence-corrected chi connectivity index (χ0v) is 15.1. The Morgan fingerprint density at radius 2 is 2.04 bits per heavy atom. The molecule has 0 aliphatic carbocycles. The molecule has 6 nitrogen and oxygen atoms in total. The van der Waals surface area contributed by atoms with E-state index in [0.717, 1.165) is 57.2 Å². The molecule has 5 heterocycles. The lowest BCUT2D eigenvalue weighted by Crippen LogP contribution is -2.48. The molecular formula is C17H26N4O2S. The van der Waals surface area contributed by atoms with E-state index in [1.165, 1.54) is 17.8 Å². The monoisotopic (exact) mass is 350 g/mol. The number of nitrogens with zero attached hydrogens (tertiary/aromatic N) is 3. The van der Waals surface area contributed by atoms with E-state index in [4.69, 9.17) is 4.74 Å². The average Bonchev–Trinajstić information content (AvgIpc) is 2.93. The third kappa shape index (κ3) is 3.17. The Morgan fingerprint density at radius 3 is 2.79 bits per heavy atom. The number of rotatable bonds is 3. The van der Waals surface area contributed by atoms with E-state index in [2.05, 4.69) is 20.1 Å². The lowest BCUT2D eigenvalue weighted by Gasteiger charge is -2.36. The summed E-state index contributed by atoms with van der Waals surface area (Å²) in [6, 6.07) is 0.964. The molecule has 1 aromatic heterocycles. The van der Waals surface area contributed by atoms with Gasteiger partial charge >= 0.3 is 0 Å². The molecule has 7 heteroatoms. The summed E-state index contributed by atoms with van der Waals surface area (Å²) < 4.78 is 5.52.